The highest BCUT2D eigenvalue weighted by atomic mass is 19.2. The van der Waals surface area contributed by atoms with Gasteiger partial charge >= 0.3 is 0 Å². The van der Waals surface area contributed by atoms with E-state index in [9.17, 15) is 13.9 Å². The second kappa shape index (κ2) is 4.91. The molecule has 90 valence electrons. The van der Waals surface area contributed by atoms with Crippen molar-refractivity contribution in [3.05, 3.63) is 35.4 Å². The molecule has 0 aromatic heterocycles. The number of aliphatic hydroxyl groups is 1. The van der Waals surface area contributed by atoms with Gasteiger partial charge in [-0.15, -0.1) is 0 Å². The van der Waals surface area contributed by atoms with Crippen molar-refractivity contribution in [3.63, 3.8) is 0 Å². The molecule has 0 spiro atoms. The van der Waals surface area contributed by atoms with Crippen LogP contribution in [0.1, 0.15) is 32.8 Å². The van der Waals surface area contributed by atoms with Crippen LogP contribution < -0.4 is 0 Å². The van der Waals surface area contributed by atoms with Gasteiger partial charge in [-0.3, -0.25) is 0 Å². The number of hydrogen-bond donors (Lipinski definition) is 1. The van der Waals surface area contributed by atoms with Gasteiger partial charge in [-0.05, 0) is 30.5 Å². The Kier molecular flexibility index (Phi) is 4.03. The minimum absolute atomic E-state index is 0.112. The molecule has 2 unspecified atom stereocenters. The van der Waals surface area contributed by atoms with Crippen LogP contribution in [0.3, 0.4) is 0 Å². The maximum Gasteiger partial charge on any atom is 0.159 e. The van der Waals surface area contributed by atoms with E-state index in [-0.39, 0.29) is 5.92 Å². The summed E-state index contributed by atoms with van der Waals surface area (Å²) in [5, 5.41) is 10.2. The second-order valence-electron chi connectivity index (χ2n) is 4.59. The van der Waals surface area contributed by atoms with Crippen molar-refractivity contribution in [1.29, 1.82) is 0 Å². The van der Waals surface area contributed by atoms with Crippen LogP contribution in [0.15, 0.2) is 18.2 Å². The van der Waals surface area contributed by atoms with Crippen molar-refractivity contribution < 1.29 is 13.9 Å². The molecule has 0 saturated carbocycles. The highest BCUT2D eigenvalue weighted by molar-refractivity contribution is 5.19. The fourth-order valence-corrected chi connectivity index (χ4v) is 1.68. The predicted octanol–water partition coefficient (Wildman–Crippen LogP) is 3.30. The van der Waals surface area contributed by atoms with E-state index >= 15 is 0 Å². The van der Waals surface area contributed by atoms with Crippen molar-refractivity contribution in [1.82, 2.24) is 0 Å². The third-order valence-corrected chi connectivity index (χ3v) is 3.22. The standard InChI is InChI=1S/C13H18F2O/c1-4-9(2)13(3,16)8-10-5-6-11(14)12(15)7-10/h5-7,9,16H,4,8H2,1-3H3. The molecule has 1 aromatic rings. The Morgan fingerprint density at radius 3 is 2.44 bits per heavy atom. The molecule has 0 aliphatic heterocycles. The summed E-state index contributed by atoms with van der Waals surface area (Å²) in [7, 11) is 0. The number of hydrogen-bond acceptors (Lipinski definition) is 1. The van der Waals surface area contributed by atoms with Gasteiger partial charge in [0.15, 0.2) is 11.6 Å². The average Bonchev–Trinajstić information content (AvgIpc) is 2.22. The van der Waals surface area contributed by atoms with Gasteiger partial charge in [0.05, 0.1) is 5.60 Å². The highest BCUT2D eigenvalue weighted by Crippen LogP contribution is 2.25. The van der Waals surface area contributed by atoms with E-state index in [2.05, 4.69) is 0 Å². The Bertz CT molecular complexity index is 361. The van der Waals surface area contributed by atoms with E-state index in [0.29, 0.717) is 12.0 Å². The van der Waals surface area contributed by atoms with Crippen LogP contribution in [-0.4, -0.2) is 10.7 Å². The zero-order valence-corrected chi connectivity index (χ0v) is 9.93. The van der Waals surface area contributed by atoms with Gasteiger partial charge in [0.25, 0.3) is 0 Å². The zero-order valence-electron chi connectivity index (χ0n) is 9.93. The van der Waals surface area contributed by atoms with Crippen LogP contribution >= 0.6 is 0 Å². The zero-order chi connectivity index (χ0) is 12.3. The van der Waals surface area contributed by atoms with Crippen molar-refractivity contribution in [3.8, 4) is 0 Å². The Hall–Kier alpha value is -0.960. The monoisotopic (exact) mass is 228 g/mol. The molecule has 16 heavy (non-hydrogen) atoms. The van der Waals surface area contributed by atoms with Crippen LogP contribution in [-0.2, 0) is 6.42 Å². The quantitative estimate of drug-likeness (QED) is 0.838. The van der Waals surface area contributed by atoms with Gasteiger partial charge in [0.2, 0.25) is 0 Å². The Balaban J connectivity index is 2.84. The lowest BCUT2D eigenvalue weighted by Gasteiger charge is -2.29. The SMILES string of the molecule is CCC(C)C(C)(O)Cc1ccc(F)c(F)c1. The molecule has 1 N–H and O–H groups in total. The van der Waals surface area contributed by atoms with Gasteiger partial charge in [0.1, 0.15) is 0 Å². The molecule has 0 bridgehead atoms. The summed E-state index contributed by atoms with van der Waals surface area (Å²) in [6.07, 6.45) is 1.18. The van der Waals surface area contributed by atoms with Crippen molar-refractivity contribution in [2.45, 2.75) is 39.2 Å². The lowest BCUT2D eigenvalue weighted by atomic mass is 9.83. The summed E-state index contributed by atoms with van der Waals surface area (Å²) < 4.78 is 25.7. The first-order valence-electron chi connectivity index (χ1n) is 5.53. The first-order chi connectivity index (χ1) is 7.36. The van der Waals surface area contributed by atoms with Gasteiger partial charge in [-0.2, -0.15) is 0 Å². The summed E-state index contributed by atoms with van der Waals surface area (Å²) in [5.74, 6) is -1.61. The third kappa shape index (κ3) is 3.01. The molecule has 0 amide bonds. The molecule has 0 heterocycles. The molecule has 0 fully saturated rings. The van der Waals surface area contributed by atoms with Crippen molar-refractivity contribution in [2.75, 3.05) is 0 Å². The van der Waals surface area contributed by atoms with Crippen LogP contribution in [0.4, 0.5) is 8.78 Å². The smallest absolute Gasteiger partial charge is 0.159 e. The molecule has 1 nitrogen and oxygen atoms in total. The molecule has 2 atom stereocenters. The predicted molar refractivity (Wildman–Crippen MR) is 60.1 cm³/mol. The Labute approximate surface area is 95.1 Å². The van der Waals surface area contributed by atoms with Gasteiger partial charge in [-0.1, -0.05) is 26.3 Å². The number of benzene rings is 1. The van der Waals surface area contributed by atoms with E-state index in [1.165, 1.54) is 6.07 Å². The highest BCUT2D eigenvalue weighted by Gasteiger charge is 2.27. The first-order valence-corrected chi connectivity index (χ1v) is 5.53. The molecule has 3 heteroatoms. The Morgan fingerprint density at radius 1 is 1.31 bits per heavy atom. The maximum absolute atomic E-state index is 13.0. The van der Waals surface area contributed by atoms with Gasteiger partial charge < -0.3 is 5.11 Å². The van der Waals surface area contributed by atoms with E-state index in [1.54, 1.807) is 6.92 Å². The largest absolute Gasteiger partial charge is 0.390 e. The summed E-state index contributed by atoms with van der Waals surface area (Å²) in [6, 6.07) is 3.75. The summed E-state index contributed by atoms with van der Waals surface area (Å²) >= 11 is 0. The first kappa shape index (κ1) is 13.1. The molecular weight excluding hydrogens is 210 g/mol. The minimum atomic E-state index is -0.890. The van der Waals surface area contributed by atoms with Crippen LogP contribution in [0.2, 0.25) is 0 Å². The van der Waals surface area contributed by atoms with Gasteiger partial charge in [0, 0.05) is 6.42 Å². The maximum atomic E-state index is 13.0. The molecule has 1 aromatic carbocycles. The lowest BCUT2D eigenvalue weighted by molar-refractivity contribution is 0.00510. The average molecular weight is 228 g/mol. The molecule has 0 aliphatic carbocycles. The summed E-state index contributed by atoms with van der Waals surface area (Å²) in [6.45, 7) is 5.66. The number of halogens is 2. The van der Waals surface area contributed by atoms with Crippen molar-refractivity contribution in [2.24, 2.45) is 5.92 Å². The lowest BCUT2D eigenvalue weighted by Crippen LogP contribution is -2.34. The summed E-state index contributed by atoms with van der Waals surface area (Å²) in [4.78, 5) is 0. The van der Waals surface area contributed by atoms with E-state index in [4.69, 9.17) is 0 Å². The van der Waals surface area contributed by atoms with Crippen LogP contribution in [0, 0.1) is 17.6 Å². The molecule has 0 radical (unpaired) electrons. The molecular formula is C13H18F2O. The second-order valence-corrected chi connectivity index (χ2v) is 4.59. The fraction of sp³-hybridized carbons (Fsp3) is 0.538. The van der Waals surface area contributed by atoms with Crippen molar-refractivity contribution >= 4 is 0 Å². The number of rotatable bonds is 4. The van der Waals surface area contributed by atoms with Crippen LogP contribution in [0.5, 0.6) is 0 Å². The molecule has 0 aliphatic rings. The van der Waals surface area contributed by atoms with Crippen LogP contribution in [0.25, 0.3) is 0 Å². The minimum Gasteiger partial charge on any atom is -0.390 e. The van der Waals surface area contributed by atoms with E-state index in [0.717, 1.165) is 18.6 Å². The Morgan fingerprint density at radius 2 is 1.94 bits per heavy atom. The third-order valence-electron chi connectivity index (χ3n) is 3.22. The van der Waals surface area contributed by atoms with E-state index < -0.39 is 17.2 Å². The van der Waals surface area contributed by atoms with Gasteiger partial charge in [-0.25, -0.2) is 8.78 Å². The molecule has 1 rings (SSSR count). The molecule has 0 saturated heterocycles. The summed E-state index contributed by atoms with van der Waals surface area (Å²) in [5.41, 5.74) is -0.275. The fourth-order valence-electron chi connectivity index (χ4n) is 1.68. The van der Waals surface area contributed by atoms with E-state index in [1.807, 2.05) is 13.8 Å². The normalized spacial score (nSPS) is 16.9. The topological polar surface area (TPSA) is 20.2 Å².